The third kappa shape index (κ3) is 9.58. The zero-order chi connectivity index (χ0) is 31.7. The summed E-state index contributed by atoms with van der Waals surface area (Å²) in [7, 11) is 0. The van der Waals surface area contributed by atoms with Gasteiger partial charge in [-0.25, -0.2) is 4.79 Å². The molecule has 0 spiro atoms. The Balaban J connectivity index is 2.11. The first-order chi connectivity index (χ1) is 20.3. The largest absolute Gasteiger partial charge is 0.444 e. The van der Waals surface area contributed by atoms with E-state index in [1.165, 1.54) is 0 Å². The molecule has 0 aromatic heterocycles. The Morgan fingerprint density at radius 2 is 1.60 bits per heavy atom. The lowest BCUT2D eigenvalue weighted by molar-refractivity contribution is -0.140. The van der Waals surface area contributed by atoms with Crippen LogP contribution in [0.4, 0.5) is 10.5 Å². The number of unbranched alkanes of at least 4 members (excludes halogenated alkanes) is 1. The van der Waals surface area contributed by atoms with Gasteiger partial charge in [-0.15, -0.1) is 0 Å². The molecule has 7 nitrogen and oxygen atoms in total. The highest BCUT2D eigenvalue weighted by Gasteiger charge is 2.36. The maximum atomic E-state index is 14.6. The van der Waals surface area contributed by atoms with Gasteiger partial charge in [0.15, 0.2) is 0 Å². The number of carbonyl (C=O) groups excluding carboxylic acids is 3. The molecule has 3 rings (SSSR count). The van der Waals surface area contributed by atoms with Gasteiger partial charge >= 0.3 is 6.09 Å². The highest BCUT2D eigenvalue weighted by molar-refractivity contribution is 6.34. The van der Waals surface area contributed by atoms with Gasteiger partial charge in [-0.1, -0.05) is 85.6 Å². The van der Waals surface area contributed by atoms with E-state index in [4.69, 9.17) is 16.3 Å². The summed E-state index contributed by atoms with van der Waals surface area (Å²) in [5.41, 5.74) is 4.17. The van der Waals surface area contributed by atoms with Crippen LogP contribution >= 0.6 is 11.6 Å². The van der Waals surface area contributed by atoms with Crippen molar-refractivity contribution in [1.29, 1.82) is 0 Å². The van der Waals surface area contributed by atoms with E-state index in [-0.39, 0.29) is 18.2 Å². The number of hydrogen-bond acceptors (Lipinski definition) is 4. The number of nitrogens with zero attached hydrogens (tertiary/aromatic N) is 1. The van der Waals surface area contributed by atoms with Crippen LogP contribution in [0.2, 0.25) is 5.02 Å². The quantitative estimate of drug-likeness (QED) is 0.234. The number of para-hydroxylation sites is 1. The van der Waals surface area contributed by atoms with E-state index < -0.39 is 23.8 Å². The summed E-state index contributed by atoms with van der Waals surface area (Å²) in [5.74, 6) is -0.767. The molecule has 43 heavy (non-hydrogen) atoms. The molecular weight excluding hydrogens is 562 g/mol. The van der Waals surface area contributed by atoms with Crippen LogP contribution in [-0.4, -0.2) is 41.0 Å². The second-order valence-corrected chi connectivity index (χ2v) is 12.3. The first-order valence-electron chi connectivity index (χ1n) is 14.8. The molecule has 2 atom stereocenters. The van der Waals surface area contributed by atoms with E-state index in [0.717, 1.165) is 28.7 Å². The normalized spacial score (nSPS) is 12.7. The standard InChI is InChI=1S/C35H44ClN3O4/c1-8-9-20-39(33(41)29(22-26-15-11-10-12-16-26)37-34(42)43-35(5,6)7)31(27-19-18-23(2)25(4)21-27)32(40)38-30-24(3)14-13-17-28(30)36/h10-19,21,29,31H,8-9,20,22H2,1-7H3,(H,37,42)(H,38,40). The SMILES string of the molecule is CCCCN(C(=O)C(Cc1ccccc1)NC(=O)OC(C)(C)C)C(C(=O)Nc1c(C)cccc1Cl)c1ccc(C)c(C)c1. The predicted octanol–water partition coefficient (Wildman–Crippen LogP) is 7.71. The monoisotopic (exact) mass is 605 g/mol. The number of ether oxygens (including phenoxy) is 1. The van der Waals surface area contributed by atoms with Crippen LogP contribution in [0.1, 0.15) is 74.4 Å². The average Bonchev–Trinajstić information content (AvgIpc) is 2.93. The summed E-state index contributed by atoms with van der Waals surface area (Å²) in [4.78, 5) is 43.4. The number of amides is 3. The minimum absolute atomic E-state index is 0.229. The fraction of sp³-hybridized carbons (Fsp3) is 0.400. The minimum Gasteiger partial charge on any atom is -0.444 e. The highest BCUT2D eigenvalue weighted by Crippen LogP contribution is 2.30. The van der Waals surface area contributed by atoms with Crippen LogP contribution in [0.15, 0.2) is 66.7 Å². The maximum absolute atomic E-state index is 14.6. The van der Waals surface area contributed by atoms with Gasteiger partial charge in [-0.3, -0.25) is 9.59 Å². The second kappa shape index (κ2) is 15.1. The number of benzene rings is 3. The third-order valence-electron chi connectivity index (χ3n) is 7.18. The van der Waals surface area contributed by atoms with Crippen molar-refractivity contribution in [2.24, 2.45) is 0 Å². The predicted molar refractivity (Wildman–Crippen MR) is 173 cm³/mol. The van der Waals surface area contributed by atoms with Crippen molar-refractivity contribution in [3.63, 3.8) is 0 Å². The summed E-state index contributed by atoms with van der Waals surface area (Å²) in [6.45, 7) is 13.5. The molecule has 8 heteroatoms. The molecule has 0 aliphatic rings. The third-order valence-corrected chi connectivity index (χ3v) is 7.50. The molecule has 0 aliphatic carbocycles. The molecule has 230 valence electrons. The zero-order valence-electron chi connectivity index (χ0n) is 26.3. The topological polar surface area (TPSA) is 87.7 Å². The van der Waals surface area contributed by atoms with Gasteiger partial charge in [0, 0.05) is 13.0 Å². The van der Waals surface area contributed by atoms with Crippen LogP contribution in [0.3, 0.4) is 0 Å². The number of alkyl carbamates (subject to hydrolysis) is 1. The van der Waals surface area contributed by atoms with Crippen LogP contribution in [0.25, 0.3) is 0 Å². The highest BCUT2D eigenvalue weighted by atomic mass is 35.5. The van der Waals surface area contributed by atoms with Gasteiger partial charge < -0.3 is 20.3 Å². The molecule has 3 amide bonds. The summed E-state index contributed by atoms with van der Waals surface area (Å²) in [6, 6.07) is 18.7. The van der Waals surface area contributed by atoms with Crippen molar-refractivity contribution in [3.8, 4) is 0 Å². The number of nitrogens with one attached hydrogen (secondary N) is 2. The Kier molecular flexibility index (Phi) is 11.8. The van der Waals surface area contributed by atoms with E-state index in [1.807, 2.05) is 88.4 Å². The van der Waals surface area contributed by atoms with Crippen LogP contribution in [-0.2, 0) is 20.7 Å². The van der Waals surface area contributed by atoms with Gasteiger partial charge in [-0.05, 0) is 81.8 Å². The molecule has 3 aromatic rings. The van der Waals surface area contributed by atoms with Crippen molar-refractivity contribution in [3.05, 3.63) is 99.6 Å². The number of anilines is 1. The average molecular weight is 606 g/mol. The molecule has 0 bridgehead atoms. The molecule has 2 N–H and O–H groups in total. The van der Waals surface area contributed by atoms with Crippen LogP contribution in [0.5, 0.6) is 0 Å². The minimum atomic E-state index is -0.979. The smallest absolute Gasteiger partial charge is 0.408 e. The van der Waals surface area contributed by atoms with E-state index in [0.29, 0.717) is 29.2 Å². The van der Waals surface area contributed by atoms with E-state index in [1.54, 1.807) is 31.7 Å². The van der Waals surface area contributed by atoms with E-state index in [9.17, 15) is 14.4 Å². The number of halogens is 1. The molecule has 0 fully saturated rings. The molecular formula is C35H44ClN3O4. The summed E-state index contributed by atoms with van der Waals surface area (Å²) < 4.78 is 5.53. The lowest BCUT2D eigenvalue weighted by Gasteiger charge is -2.35. The fourth-order valence-electron chi connectivity index (χ4n) is 4.78. The Labute approximate surface area is 261 Å². The Morgan fingerprint density at radius 1 is 0.907 bits per heavy atom. The number of rotatable bonds is 11. The van der Waals surface area contributed by atoms with E-state index >= 15 is 0 Å². The van der Waals surface area contributed by atoms with Gasteiger partial charge in [0.25, 0.3) is 5.91 Å². The molecule has 2 unspecified atom stereocenters. The molecule has 0 aliphatic heterocycles. The summed E-state index contributed by atoms with van der Waals surface area (Å²) in [6.07, 6.45) is 0.996. The van der Waals surface area contributed by atoms with Gasteiger partial charge in [0.1, 0.15) is 17.7 Å². The molecule has 0 saturated heterocycles. The van der Waals surface area contributed by atoms with E-state index in [2.05, 4.69) is 10.6 Å². The summed E-state index contributed by atoms with van der Waals surface area (Å²) >= 11 is 6.49. The van der Waals surface area contributed by atoms with Crippen molar-refractivity contribution in [1.82, 2.24) is 10.2 Å². The number of carbonyl (C=O) groups is 3. The lowest BCUT2D eigenvalue weighted by atomic mass is 9.97. The maximum Gasteiger partial charge on any atom is 0.408 e. The number of aryl methyl sites for hydroxylation is 3. The molecule has 3 aromatic carbocycles. The number of hydrogen-bond donors (Lipinski definition) is 2. The Hall–Kier alpha value is -3.84. The first-order valence-corrected chi connectivity index (χ1v) is 15.2. The molecule has 0 heterocycles. The zero-order valence-corrected chi connectivity index (χ0v) is 27.0. The summed E-state index contributed by atoms with van der Waals surface area (Å²) in [5, 5.41) is 6.22. The molecule has 0 saturated carbocycles. The van der Waals surface area contributed by atoms with Crippen LogP contribution in [0, 0.1) is 20.8 Å². The van der Waals surface area contributed by atoms with Crippen molar-refractivity contribution >= 4 is 35.2 Å². The van der Waals surface area contributed by atoms with Gasteiger partial charge in [0.05, 0.1) is 10.7 Å². The Bertz CT molecular complexity index is 1400. The van der Waals surface area contributed by atoms with Crippen LogP contribution < -0.4 is 10.6 Å². The molecule has 0 radical (unpaired) electrons. The van der Waals surface area contributed by atoms with Gasteiger partial charge in [0.2, 0.25) is 5.91 Å². The van der Waals surface area contributed by atoms with Crippen molar-refractivity contribution in [2.45, 2.75) is 85.4 Å². The second-order valence-electron chi connectivity index (χ2n) is 11.9. The first kappa shape index (κ1) is 33.7. The van der Waals surface area contributed by atoms with Gasteiger partial charge in [-0.2, -0.15) is 0 Å². The fourth-order valence-corrected chi connectivity index (χ4v) is 5.05. The Morgan fingerprint density at radius 3 is 2.21 bits per heavy atom. The lowest BCUT2D eigenvalue weighted by Crippen LogP contribution is -2.53. The van der Waals surface area contributed by atoms with Crippen molar-refractivity contribution in [2.75, 3.05) is 11.9 Å². The van der Waals surface area contributed by atoms with Crippen molar-refractivity contribution < 1.29 is 19.1 Å².